The van der Waals surface area contributed by atoms with Gasteiger partial charge in [0.2, 0.25) is 0 Å². The van der Waals surface area contributed by atoms with Crippen LogP contribution in [0.15, 0.2) is 48.5 Å². The Kier molecular flexibility index (Phi) is 6.87. The highest BCUT2D eigenvalue weighted by molar-refractivity contribution is 5.81. The number of nitrogens with one attached hydrogen (secondary N) is 1. The van der Waals surface area contributed by atoms with Crippen molar-refractivity contribution in [1.29, 1.82) is 0 Å². The van der Waals surface area contributed by atoms with Gasteiger partial charge in [-0.3, -0.25) is 4.79 Å². The summed E-state index contributed by atoms with van der Waals surface area (Å²) in [5.41, 5.74) is 3.17. The lowest BCUT2D eigenvalue weighted by Gasteiger charge is -2.38. The van der Waals surface area contributed by atoms with Gasteiger partial charge in [-0.05, 0) is 61.9 Å². The lowest BCUT2D eigenvalue weighted by atomic mass is 9.81. The minimum absolute atomic E-state index is 0.179. The Morgan fingerprint density at radius 2 is 2.03 bits per heavy atom. The second-order valence-corrected chi connectivity index (χ2v) is 8.54. The van der Waals surface area contributed by atoms with Crippen molar-refractivity contribution in [2.24, 2.45) is 11.8 Å². The molecule has 1 fully saturated rings. The number of aromatic nitrogens is 2. The van der Waals surface area contributed by atoms with Gasteiger partial charge >= 0.3 is 5.97 Å². The van der Waals surface area contributed by atoms with E-state index in [1.807, 2.05) is 18.2 Å². The van der Waals surface area contributed by atoms with Crippen LogP contribution in [0.3, 0.4) is 0 Å². The molecule has 0 bridgehead atoms. The van der Waals surface area contributed by atoms with Gasteiger partial charge in [0.25, 0.3) is 0 Å². The topological polar surface area (TPSA) is 78.5 Å². The predicted octanol–water partition coefficient (Wildman–Crippen LogP) is 4.16. The molecule has 6 nitrogen and oxygen atoms in total. The molecule has 2 atom stereocenters. The Bertz CT molecular complexity index is 1000. The number of likely N-dealkylation sites (tertiary alicyclic amines) is 1. The second-order valence-electron chi connectivity index (χ2n) is 8.54. The Morgan fingerprint density at radius 1 is 1.19 bits per heavy atom. The molecule has 1 aromatic heterocycles. The van der Waals surface area contributed by atoms with E-state index in [4.69, 9.17) is 9.72 Å². The number of rotatable bonds is 9. The fraction of sp³-hybridized carbons (Fsp3) is 0.440. The predicted molar refractivity (Wildman–Crippen MR) is 121 cm³/mol. The fourth-order valence-corrected chi connectivity index (χ4v) is 4.80. The maximum Gasteiger partial charge on any atom is 0.303 e. The standard InChI is InChI=1S/C25H31N3O3/c1-31-22-11-5-10-21-25(22)27-23(26-21)15-20-17-28(14-12-19(20)16-24(29)30)13-6-9-18-7-3-2-4-8-18/h2-5,7-8,10-11,19-20H,6,9,12-17H2,1H3,(H,26,27)(H,29,30). The van der Waals surface area contributed by atoms with E-state index in [1.165, 1.54) is 5.56 Å². The Balaban J connectivity index is 1.42. The average Bonchev–Trinajstić information content (AvgIpc) is 3.18. The van der Waals surface area contributed by atoms with Crippen molar-refractivity contribution in [1.82, 2.24) is 14.9 Å². The number of methoxy groups -OCH3 is 1. The van der Waals surface area contributed by atoms with Gasteiger partial charge in [0.05, 0.1) is 12.6 Å². The summed E-state index contributed by atoms with van der Waals surface area (Å²) in [7, 11) is 1.65. The number of nitrogens with zero attached hydrogens (tertiary/aromatic N) is 2. The summed E-state index contributed by atoms with van der Waals surface area (Å²) in [4.78, 5) is 22.1. The average molecular weight is 422 g/mol. The monoisotopic (exact) mass is 421 g/mol. The van der Waals surface area contributed by atoms with Gasteiger partial charge in [0.1, 0.15) is 17.1 Å². The summed E-state index contributed by atoms with van der Waals surface area (Å²) in [5, 5.41) is 9.41. The van der Waals surface area contributed by atoms with E-state index in [0.717, 1.165) is 67.9 Å². The highest BCUT2D eigenvalue weighted by Gasteiger charge is 2.31. The van der Waals surface area contributed by atoms with Crippen LogP contribution in [0.4, 0.5) is 0 Å². The number of aryl methyl sites for hydroxylation is 1. The van der Waals surface area contributed by atoms with Crippen molar-refractivity contribution in [3.8, 4) is 5.75 Å². The number of carboxylic acids is 1. The Morgan fingerprint density at radius 3 is 2.81 bits per heavy atom. The van der Waals surface area contributed by atoms with Gasteiger partial charge in [0.15, 0.2) is 0 Å². The Labute approximate surface area is 183 Å². The third-order valence-corrected chi connectivity index (χ3v) is 6.40. The fourth-order valence-electron chi connectivity index (χ4n) is 4.80. The van der Waals surface area contributed by atoms with Crippen molar-refractivity contribution in [3.63, 3.8) is 0 Å². The van der Waals surface area contributed by atoms with Gasteiger partial charge < -0.3 is 19.7 Å². The van der Waals surface area contributed by atoms with E-state index in [2.05, 4.69) is 40.2 Å². The third-order valence-electron chi connectivity index (χ3n) is 6.40. The first-order chi connectivity index (χ1) is 15.1. The molecule has 1 saturated heterocycles. The number of aliphatic carboxylic acids is 1. The minimum atomic E-state index is -0.709. The number of imidazole rings is 1. The number of benzene rings is 2. The molecule has 1 aliphatic heterocycles. The molecule has 0 saturated carbocycles. The number of hydrogen-bond donors (Lipinski definition) is 2. The Hall–Kier alpha value is -2.86. The highest BCUT2D eigenvalue weighted by Crippen LogP contribution is 2.31. The smallest absolute Gasteiger partial charge is 0.303 e. The van der Waals surface area contributed by atoms with E-state index >= 15 is 0 Å². The van der Waals surface area contributed by atoms with E-state index in [0.29, 0.717) is 0 Å². The van der Waals surface area contributed by atoms with E-state index < -0.39 is 5.97 Å². The third kappa shape index (κ3) is 5.44. The molecule has 31 heavy (non-hydrogen) atoms. The normalized spacial score (nSPS) is 19.5. The van der Waals surface area contributed by atoms with Gasteiger partial charge in [0, 0.05) is 19.4 Å². The van der Waals surface area contributed by atoms with Crippen LogP contribution in [0, 0.1) is 11.8 Å². The minimum Gasteiger partial charge on any atom is -0.494 e. The molecule has 2 unspecified atom stereocenters. The van der Waals surface area contributed by atoms with Crippen molar-refractivity contribution in [2.75, 3.05) is 26.7 Å². The van der Waals surface area contributed by atoms with E-state index in [9.17, 15) is 9.90 Å². The zero-order valence-corrected chi connectivity index (χ0v) is 18.1. The molecule has 0 amide bonds. The summed E-state index contributed by atoms with van der Waals surface area (Å²) in [6.45, 7) is 2.93. The zero-order chi connectivity index (χ0) is 21.6. The van der Waals surface area contributed by atoms with Crippen LogP contribution >= 0.6 is 0 Å². The molecule has 0 radical (unpaired) electrons. The molecule has 6 heteroatoms. The molecule has 3 aromatic rings. The van der Waals surface area contributed by atoms with Crippen LogP contribution in [0.5, 0.6) is 5.75 Å². The summed E-state index contributed by atoms with van der Waals surface area (Å²) >= 11 is 0. The number of para-hydroxylation sites is 1. The number of carboxylic acid groups (broad SMARTS) is 1. The number of fused-ring (bicyclic) bond motifs is 1. The second kappa shape index (κ2) is 9.96. The number of ether oxygens (including phenoxy) is 1. The maximum absolute atomic E-state index is 11.4. The van der Waals surface area contributed by atoms with E-state index in [1.54, 1.807) is 7.11 Å². The van der Waals surface area contributed by atoms with Crippen LogP contribution in [-0.2, 0) is 17.6 Å². The largest absolute Gasteiger partial charge is 0.494 e. The van der Waals surface area contributed by atoms with Crippen molar-refractivity contribution in [3.05, 3.63) is 59.9 Å². The van der Waals surface area contributed by atoms with Crippen molar-refractivity contribution in [2.45, 2.75) is 32.1 Å². The number of piperidine rings is 1. The molecular formula is C25H31N3O3. The summed E-state index contributed by atoms with van der Waals surface area (Å²) in [6, 6.07) is 16.4. The zero-order valence-electron chi connectivity index (χ0n) is 18.1. The summed E-state index contributed by atoms with van der Waals surface area (Å²) < 4.78 is 5.43. The van der Waals surface area contributed by atoms with Crippen LogP contribution in [-0.4, -0.2) is 52.7 Å². The lowest BCUT2D eigenvalue weighted by Crippen LogP contribution is -2.42. The molecule has 2 N–H and O–H groups in total. The van der Waals surface area contributed by atoms with E-state index in [-0.39, 0.29) is 18.3 Å². The van der Waals surface area contributed by atoms with Gasteiger partial charge in [-0.1, -0.05) is 36.4 Å². The molecule has 0 aliphatic carbocycles. The number of H-pyrrole nitrogens is 1. The lowest BCUT2D eigenvalue weighted by molar-refractivity contribution is -0.139. The van der Waals surface area contributed by atoms with Crippen molar-refractivity contribution >= 4 is 17.0 Å². The van der Waals surface area contributed by atoms with Crippen LogP contribution < -0.4 is 4.74 Å². The summed E-state index contributed by atoms with van der Waals surface area (Å²) in [5.74, 6) is 1.41. The number of aromatic amines is 1. The van der Waals surface area contributed by atoms with Crippen LogP contribution in [0.25, 0.3) is 11.0 Å². The van der Waals surface area contributed by atoms with Crippen LogP contribution in [0.2, 0.25) is 0 Å². The first kappa shape index (κ1) is 21.4. The van der Waals surface area contributed by atoms with Gasteiger partial charge in [-0.25, -0.2) is 4.98 Å². The highest BCUT2D eigenvalue weighted by atomic mass is 16.5. The first-order valence-corrected chi connectivity index (χ1v) is 11.1. The molecule has 1 aliphatic rings. The van der Waals surface area contributed by atoms with Crippen molar-refractivity contribution < 1.29 is 14.6 Å². The maximum atomic E-state index is 11.4. The van der Waals surface area contributed by atoms with Gasteiger partial charge in [-0.2, -0.15) is 0 Å². The quantitative estimate of drug-likeness (QED) is 0.542. The van der Waals surface area contributed by atoms with Gasteiger partial charge in [-0.15, -0.1) is 0 Å². The molecule has 2 heterocycles. The number of carbonyl (C=O) groups is 1. The molecular weight excluding hydrogens is 390 g/mol. The molecule has 0 spiro atoms. The number of hydrogen-bond acceptors (Lipinski definition) is 4. The SMILES string of the molecule is COc1cccc2[nH]c(CC3CN(CCCc4ccccc4)CCC3CC(=O)O)nc12. The van der Waals surface area contributed by atoms with Crippen LogP contribution in [0.1, 0.15) is 30.7 Å². The summed E-state index contributed by atoms with van der Waals surface area (Å²) in [6.07, 6.45) is 4.09. The molecule has 164 valence electrons. The molecule has 2 aromatic carbocycles. The first-order valence-electron chi connectivity index (χ1n) is 11.1. The molecule has 4 rings (SSSR count).